The van der Waals surface area contributed by atoms with Gasteiger partial charge in [0.05, 0.1) is 23.0 Å². The topological polar surface area (TPSA) is 102 Å². The van der Waals surface area contributed by atoms with Crippen LogP contribution in [0.4, 0.5) is 20.2 Å². The highest BCUT2D eigenvalue weighted by Crippen LogP contribution is 2.28. The summed E-state index contributed by atoms with van der Waals surface area (Å²) in [4.78, 5) is 32.8. The molecule has 0 radical (unpaired) electrons. The molecule has 3 aromatic rings. The molecular formula is C32H38F2N6O3. The predicted molar refractivity (Wildman–Crippen MR) is 164 cm³/mol. The van der Waals surface area contributed by atoms with Gasteiger partial charge in [0.15, 0.2) is 11.6 Å². The SMILES string of the molecule is C#Cc1cc(C)n(-c2nc(CC=Nc3cc(NC4CN(C)CC4F)c(F)cc3C)ccc2C(C)=O)n1.CC(C)(C)OC=O. The highest BCUT2D eigenvalue weighted by Gasteiger charge is 2.31. The van der Waals surface area contributed by atoms with Gasteiger partial charge in [0.25, 0.3) is 6.47 Å². The number of aliphatic imine (C=N–C) groups is 1. The lowest BCUT2D eigenvalue weighted by Crippen LogP contribution is -2.29. The molecule has 0 saturated carbocycles. The van der Waals surface area contributed by atoms with Crippen LogP contribution in [0, 0.1) is 32.0 Å². The average Bonchev–Trinajstić information content (AvgIpc) is 3.45. The van der Waals surface area contributed by atoms with Crippen molar-refractivity contribution in [3.05, 3.63) is 64.4 Å². The number of nitrogens with zero attached hydrogens (tertiary/aromatic N) is 5. The summed E-state index contributed by atoms with van der Waals surface area (Å²) in [6.45, 7) is 11.8. The summed E-state index contributed by atoms with van der Waals surface area (Å²) < 4.78 is 34.9. The quantitative estimate of drug-likeness (QED) is 0.167. The van der Waals surface area contributed by atoms with E-state index < -0.39 is 18.0 Å². The van der Waals surface area contributed by atoms with Crippen molar-refractivity contribution in [2.45, 2.75) is 65.8 Å². The van der Waals surface area contributed by atoms with Crippen molar-refractivity contribution in [2.24, 2.45) is 4.99 Å². The Labute approximate surface area is 251 Å². The number of carbonyl (C=O) groups excluding carboxylic acids is 2. The lowest BCUT2D eigenvalue weighted by molar-refractivity contribution is -0.138. The van der Waals surface area contributed by atoms with E-state index in [2.05, 4.69) is 31.0 Å². The van der Waals surface area contributed by atoms with Crippen molar-refractivity contribution < 1.29 is 23.1 Å². The summed E-state index contributed by atoms with van der Waals surface area (Å²) >= 11 is 0. The maximum absolute atomic E-state index is 14.6. The summed E-state index contributed by atoms with van der Waals surface area (Å²) in [5.74, 6) is 2.31. The molecular weight excluding hydrogens is 554 g/mol. The monoisotopic (exact) mass is 592 g/mol. The van der Waals surface area contributed by atoms with Crippen LogP contribution >= 0.6 is 0 Å². The summed E-state index contributed by atoms with van der Waals surface area (Å²) in [5.41, 5.74) is 3.45. The minimum atomic E-state index is -1.07. The molecule has 0 bridgehead atoms. The number of ketones is 1. The zero-order valence-corrected chi connectivity index (χ0v) is 25.6. The molecule has 43 heavy (non-hydrogen) atoms. The molecule has 1 aliphatic heterocycles. The van der Waals surface area contributed by atoms with Crippen molar-refractivity contribution in [3.8, 4) is 18.2 Å². The molecule has 2 atom stereocenters. The number of nitrogens with one attached hydrogen (secondary N) is 1. The Bertz CT molecular complexity index is 1540. The Morgan fingerprint density at radius 2 is 1.98 bits per heavy atom. The van der Waals surface area contributed by atoms with Crippen LogP contribution in [0.15, 0.2) is 35.3 Å². The number of Topliss-reactive ketones (excluding diaryl/α,β-unsaturated/α-hetero) is 1. The van der Waals surface area contributed by atoms with E-state index >= 15 is 0 Å². The molecule has 1 aliphatic rings. The van der Waals surface area contributed by atoms with Crippen molar-refractivity contribution in [1.82, 2.24) is 19.7 Å². The fraction of sp³-hybridized carbons (Fsp3) is 0.406. The van der Waals surface area contributed by atoms with E-state index in [-0.39, 0.29) is 17.1 Å². The predicted octanol–water partition coefficient (Wildman–Crippen LogP) is 5.17. The van der Waals surface area contributed by atoms with Gasteiger partial charge >= 0.3 is 0 Å². The Kier molecular flexibility index (Phi) is 10.9. The zero-order chi connectivity index (χ0) is 31.9. The molecule has 1 N–H and O–H groups in total. The second-order valence-corrected chi connectivity index (χ2v) is 11.4. The van der Waals surface area contributed by atoms with Gasteiger partial charge in [0.2, 0.25) is 0 Å². The molecule has 1 fully saturated rings. The second kappa shape index (κ2) is 14.2. The Hall–Kier alpha value is -4.43. The largest absolute Gasteiger partial charge is 0.462 e. The zero-order valence-electron chi connectivity index (χ0n) is 25.6. The van der Waals surface area contributed by atoms with Crippen molar-refractivity contribution >= 4 is 29.8 Å². The lowest BCUT2D eigenvalue weighted by atomic mass is 10.1. The molecule has 0 aliphatic carbocycles. The number of terminal acetylenes is 1. The van der Waals surface area contributed by atoms with Crippen LogP contribution in [0.1, 0.15) is 60.7 Å². The first-order valence-corrected chi connectivity index (χ1v) is 13.8. The Morgan fingerprint density at radius 3 is 2.51 bits per heavy atom. The maximum atomic E-state index is 14.6. The first-order valence-electron chi connectivity index (χ1n) is 13.8. The smallest absolute Gasteiger partial charge is 0.293 e. The molecule has 4 rings (SSSR count). The van der Waals surface area contributed by atoms with Gasteiger partial charge in [-0.15, -0.1) is 6.42 Å². The Morgan fingerprint density at radius 1 is 1.26 bits per heavy atom. The number of pyridine rings is 1. The van der Waals surface area contributed by atoms with Gasteiger partial charge in [-0.2, -0.15) is 5.10 Å². The highest BCUT2D eigenvalue weighted by atomic mass is 19.1. The van der Waals surface area contributed by atoms with E-state index in [0.717, 1.165) is 5.69 Å². The fourth-order valence-electron chi connectivity index (χ4n) is 4.38. The van der Waals surface area contributed by atoms with Gasteiger partial charge in [0, 0.05) is 37.1 Å². The number of anilines is 1. The van der Waals surface area contributed by atoms with Gasteiger partial charge in [-0.1, -0.05) is 0 Å². The van der Waals surface area contributed by atoms with Crippen LogP contribution in [0.2, 0.25) is 0 Å². The number of ether oxygens (including phenoxy) is 1. The van der Waals surface area contributed by atoms with Gasteiger partial charge in [0.1, 0.15) is 23.3 Å². The number of rotatable bonds is 8. The molecule has 2 unspecified atom stereocenters. The van der Waals surface area contributed by atoms with Crippen molar-refractivity contribution in [2.75, 3.05) is 25.5 Å². The van der Waals surface area contributed by atoms with E-state index in [0.29, 0.717) is 60.0 Å². The number of hydrogen-bond donors (Lipinski definition) is 1. The van der Waals surface area contributed by atoms with Crippen LogP contribution in [0.25, 0.3) is 5.82 Å². The molecule has 9 nitrogen and oxygen atoms in total. The van der Waals surface area contributed by atoms with E-state index in [1.807, 2.05) is 39.6 Å². The fourth-order valence-corrected chi connectivity index (χ4v) is 4.38. The van der Waals surface area contributed by atoms with Crippen LogP contribution in [-0.4, -0.2) is 76.1 Å². The van der Waals surface area contributed by atoms with E-state index in [1.165, 1.54) is 13.0 Å². The summed E-state index contributed by atoms with van der Waals surface area (Å²) in [6, 6.07) is 7.72. The summed E-state index contributed by atoms with van der Waals surface area (Å²) in [6.07, 6.45) is 6.44. The third-order valence-corrected chi connectivity index (χ3v) is 6.54. The average molecular weight is 593 g/mol. The molecule has 0 amide bonds. The number of alkyl halides is 1. The van der Waals surface area contributed by atoms with E-state index in [4.69, 9.17) is 6.42 Å². The van der Waals surface area contributed by atoms with E-state index in [9.17, 15) is 18.4 Å². The number of hydrogen-bond acceptors (Lipinski definition) is 8. The van der Waals surface area contributed by atoms with Gasteiger partial charge in [-0.3, -0.25) is 14.6 Å². The molecule has 1 saturated heterocycles. The van der Waals surface area contributed by atoms with Crippen LogP contribution in [0.5, 0.6) is 0 Å². The molecule has 11 heteroatoms. The maximum Gasteiger partial charge on any atom is 0.293 e. The van der Waals surface area contributed by atoms with Crippen LogP contribution in [0.3, 0.4) is 0 Å². The van der Waals surface area contributed by atoms with Crippen molar-refractivity contribution in [1.29, 1.82) is 0 Å². The third-order valence-electron chi connectivity index (χ3n) is 6.54. The minimum Gasteiger partial charge on any atom is -0.462 e. The lowest BCUT2D eigenvalue weighted by Gasteiger charge is -2.17. The number of carbonyl (C=O) groups is 2. The normalized spacial score (nSPS) is 16.8. The van der Waals surface area contributed by atoms with Crippen LogP contribution < -0.4 is 5.32 Å². The number of likely N-dealkylation sites (N-methyl/N-ethyl adjacent to an activating group) is 1. The third kappa shape index (κ3) is 9.03. The van der Waals surface area contributed by atoms with Crippen molar-refractivity contribution in [3.63, 3.8) is 0 Å². The van der Waals surface area contributed by atoms with Gasteiger partial charge < -0.3 is 15.0 Å². The molecule has 3 heterocycles. The Balaban J connectivity index is 0.000000646. The minimum absolute atomic E-state index is 0.138. The molecule has 1 aromatic carbocycles. The van der Waals surface area contributed by atoms with Gasteiger partial charge in [-0.25, -0.2) is 18.4 Å². The number of benzene rings is 1. The molecule has 0 spiro atoms. The number of aromatic nitrogens is 3. The second-order valence-electron chi connectivity index (χ2n) is 11.4. The number of halogens is 2. The summed E-state index contributed by atoms with van der Waals surface area (Å²) in [5, 5.41) is 7.34. The van der Waals surface area contributed by atoms with E-state index in [1.54, 1.807) is 42.1 Å². The number of aryl methyl sites for hydroxylation is 2. The highest BCUT2D eigenvalue weighted by molar-refractivity contribution is 5.97. The summed E-state index contributed by atoms with van der Waals surface area (Å²) in [7, 11) is 1.83. The number of likely N-dealkylation sites (tertiary alicyclic amines) is 1. The molecule has 228 valence electrons. The first kappa shape index (κ1) is 33.1. The van der Waals surface area contributed by atoms with Crippen LogP contribution in [-0.2, 0) is 16.0 Å². The van der Waals surface area contributed by atoms with Gasteiger partial charge in [-0.05, 0) is 90.4 Å². The molecule has 2 aromatic heterocycles. The standard InChI is InChI=1S/C27H28F2N6O.C5H10O2/c1-6-19-12-17(3)35(33-19)27-21(18(4)36)8-7-20(31-27)9-10-30-24-13-25(22(28)11-16(24)2)32-26-15-34(5)14-23(26)29;1-5(2,3)7-4-6/h1,7-8,10-13,23,26,32H,9,14-15H2,2-5H3;4H,1-3H3. The first-order chi connectivity index (χ1) is 20.2.